The third kappa shape index (κ3) is 4.70. The Balaban J connectivity index is 1.67. The Bertz CT molecular complexity index is 1090. The van der Waals surface area contributed by atoms with Crippen LogP contribution in [0.5, 0.6) is 0 Å². The molecule has 0 amide bonds. The average Bonchev–Trinajstić information content (AvgIpc) is 3.23. The summed E-state index contributed by atoms with van der Waals surface area (Å²) in [6.07, 6.45) is 5.92. The second-order valence-corrected chi connectivity index (χ2v) is 10.00. The molecular weight excluding hydrogens is 398 g/mol. The lowest BCUT2D eigenvalue weighted by Gasteiger charge is -2.25. The van der Waals surface area contributed by atoms with Crippen LogP contribution in [0.15, 0.2) is 53.4 Å². The summed E-state index contributed by atoms with van der Waals surface area (Å²) in [7, 11) is -3.33. The highest BCUT2D eigenvalue weighted by molar-refractivity contribution is 7.91. The fraction of sp³-hybridized carbons (Fsp3) is 0.409. The smallest absolute Gasteiger partial charge is 0.207 e. The summed E-state index contributed by atoms with van der Waals surface area (Å²) in [4.78, 5) is 1.82. The topological polar surface area (TPSA) is 89.8 Å². The summed E-state index contributed by atoms with van der Waals surface area (Å²) in [5.74, 6) is 0.480. The van der Waals surface area contributed by atoms with Gasteiger partial charge in [-0.3, -0.25) is 0 Å². The molecule has 0 radical (unpaired) electrons. The van der Waals surface area contributed by atoms with Gasteiger partial charge in [-0.1, -0.05) is 56.5 Å². The average molecular weight is 426 g/mol. The third-order valence-electron chi connectivity index (χ3n) is 5.56. The minimum absolute atomic E-state index is 0.0516. The minimum Gasteiger partial charge on any atom is -0.382 e. The van der Waals surface area contributed by atoms with Gasteiger partial charge in [0.1, 0.15) is 0 Å². The van der Waals surface area contributed by atoms with Crippen molar-refractivity contribution in [3.63, 3.8) is 0 Å². The Morgan fingerprint density at radius 2 is 1.83 bits per heavy atom. The Kier molecular flexibility index (Phi) is 6.13. The maximum atomic E-state index is 12.5. The maximum Gasteiger partial charge on any atom is 0.207 e. The Morgan fingerprint density at radius 3 is 2.57 bits per heavy atom. The summed E-state index contributed by atoms with van der Waals surface area (Å²) in [5.41, 5.74) is 2.61. The number of anilines is 1. The van der Waals surface area contributed by atoms with Crippen LogP contribution < -0.4 is 5.32 Å². The Hall–Kier alpha value is -2.74. The lowest BCUT2D eigenvalue weighted by molar-refractivity contribution is 0.463. The van der Waals surface area contributed by atoms with Crippen LogP contribution in [-0.2, 0) is 16.4 Å². The lowest BCUT2D eigenvalue weighted by Crippen LogP contribution is -2.22. The normalized spacial score (nSPS) is 15.2. The molecule has 2 aromatic carbocycles. The van der Waals surface area contributed by atoms with Crippen molar-refractivity contribution in [2.45, 2.75) is 56.5 Å². The summed E-state index contributed by atoms with van der Waals surface area (Å²) in [6.45, 7) is 2.16. The molecule has 0 saturated heterocycles. The molecule has 0 aliphatic heterocycles. The van der Waals surface area contributed by atoms with Crippen LogP contribution in [0.1, 0.15) is 44.6 Å². The van der Waals surface area contributed by atoms with E-state index in [1.165, 1.54) is 24.1 Å². The van der Waals surface area contributed by atoms with Gasteiger partial charge in [-0.25, -0.2) is 8.42 Å². The molecule has 8 heteroatoms. The number of nitrogens with one attached hydrogen (secondary N) is 1. The van der Waals surface area contributed by atoms with Gasteiger partial charge in [0.25, 0.3) is 0 Å². The van der Waals surface area contributed by atoms with Crippen LogP contribution in [-0.4, -0.2) is 40.4 Å². The van der Waals surface area contributed by atoms with Crippen molar-refractivity contribution in [3.8, 4) is 11.4 Å². The van der Waals surface area contributed by atoms with E-state index in [1.54, 1.807) is 19.1 Å². The minimum atomic E-state index is -3.33. The number of nitrogens with zero attached hydrogens (tertiary/aromatic N) is 4. The van der Waals surface area contributed by atoms with Gasteiger partial charge in [0.05, 0.1) is 17.2 Å². The van der Waals surface area contributed by atoms with Gasteiger partial charge >= 0.3 is 0 Å². The molecule has 1 aromatic heterocycles. The highest BCUT2D eigenvalue weighted by Gasteiger charge is 2.20. The number of tetrazole rings is 1. The third-order valence-corrected chi connectivity index (χ3v) is 7.29. The van der Waals surface area contributed by atoms with Gasteiger partial charge in [0.15, 0.2) is 9.84 Å². The van der Waals surface area contributed by atoms with E-state index in [0.717, 1.165) is 24.1 Å². The highest BCUT2D eigenvalue weighted by atomic mass is 32.2. The largest absolute Gasteiger partial charge is 0.382 e. The van der Waals surface area contributed by atoms with E-state index in [2.05, 4.69) is 20.7 Å². The molecule has 1 saturated carbocycles. The number of benzene rings is 2. The predicted octanol–water partition coefficient (Wildman–Crippen LogP) is 3.93. The molecule has 1 heterocycles. The van der Waals surface area contributed by atoms with Crippen molar-refractivity contribution < 1.29 is 8.42 Å². The number of rotatable bonds is 7. The van der Waals surface area contributed by atoms with Gasteiger partial charge < -0.3 is 5.32 Å². The van der Waals surface area contributed by atoms with E-state index in [-0.39, 0.29) is 10.6 Å². The van der Waals surface area contributed by atoms with E-state index >= 15 is 0 Å². The van der Waals surface area contributed by atoms with E-state index in [1.807, 2.05) is 36.4 Å². The first-order valence-electron chi connectivity index (χ1n) is 10.5. The van der Waals surface area contributed by atoms with Crippen molar-refractivity contribution in [2.24, 2.45) is 0 Å². The monoisotopic (exact) mass is 425 g/mol. The first-order valence-corrected chi connectivity index (χ1v) is 12.2. The fourth-order valence-corrected chi connectivity index (χ4v) is 4.73. The van der Waals surface area contributed by atoms with Gasteiger partial charge in [-0.2, -0.15) is 4.80 Å². The van der Waals surface area contributed by atoms with Gasteiger partial charge in [0, 0.05) is 17.3 Å². The van der Waals surface area contributed by atoms with Crippen molar-refractivity contribution in [3.05, 3.63) is 54.1 Å². The molecule has 1 aliphatic carbocycles. The van der Waals surface area contributed by atoms with E-state index < -0.39 is 9.84 Å². The second kappa shape index (κ2) is 8.95. The van der Waals surface area contributed by atoms with Crippen LogP contribution >= 0.6 is 0 Å². The molecule has 4 rings (SSSR count). The van der Waals surface area contributed by atoms with Crippen LogP contribution in [0.4, 0.5) is 5.69 Å². The molecule has 1 aliphatic rings. The molecule has 0 atom stereocenters. The highest BCUT2D eigenvalue weighted by Crippen LogP contribution is 2.31. The number of hydrogen-bond donors (Lipinski definition) is 1. The van der Waals surface area contributed by atoms with E-state index in [0.29, 0.717) is 24.0 Å². The zero-order valence-corrected chi connectivity index (χ0v) is 18.0. The number of sulfone groups is 1. The molecule has 1 N–H and O–H groups in total. The van der Waals surface area contributed by atoms with Crippen molar-refractivity contribution >= 4 is 15.5 Å². The SMILES string of the molecule is CCS(=O)(=O)c1ccc(NC2CCCCC2)c(-c2nnn(Cc3ccccc3)n2)c1. The molecule has 0 bridgehead atoms. The van der Waals surface area contributed by atoms with E-state index in [9.17, 15) is 8.42 Å². The molecule has 0 unspecified atom stereocenters. The molecule has 30 heavy (non-hydrogen) atoms. The van der Waals surface area contributed by atoms with Crippen molar-refractivity contribution in [1.82, 2.24) is 20.2 Å². The van der Waals surface area contributed by atoms with Crippen molar-refractivity contribution in [2.75, 3.05) is 11.1 Å². The molecule has 7 nitrogen and oxygen atoms in total. The standard InChI is InChI=1S/C22H27N5O2S/c1-2-30(28,29)19-13-14-21(23-18-11-7-4-8-12-18)20(15-19)22-24-26-27(25-22)16-17-9-5-3-6-10-17/h3,5-6,9-10,13-15,18,23H,2,4,7-8,11-12,16H2,1H3. The molecule has 158 valence electrons. The molecule has 0 spiro atoms. The number of aromatic nitrogens is 4. The van der Waals surface area contributed by atoms with Crippen LogP contribution in [0.2, 0.25) is 0 Å². The second-order valence-electron chi connectivity index (χ2n) is 7.72. The first-order chi connectivity index (χ1) is 14.5. The van der Waals surface area contributed by atoms with Crippen LogP contribution in [0.25, 0.3) is 11.4 Å². The Labute approximate surface area is 177 Å². The van der Waals surface area contributed by atoms with E-state index in [4.69, 9.17) is 0 Å². The fourth-order valence-electron chi connectivity index (χ4n) is 3.83. The summed E-state index contributed by atoms with van der Waals surface area (Å²) < 4.78 is 24.9. The summed E-state index contributed by atoms with van der Waals surface area (Å²) in [6, 6.07) is 15.5. The van der Waals surface area contributed by atoms with Gasteiger partial charge in [0.2, 0.25) is 5.82 Å². The lowest BCUT2D eigenvalue weighted by atomic mass is 9.95. The maximum absolute atomic E-state index is 12.5. The quantitative estimate of drug-likeness (QED) is 0.617. The molecule has 1 fully saturated rings. The molecular formula is C22H27N5O2S. The van der Waals surface area contributed by atoms with Crippen LogP contribution in [0, 0.1) is 0 Å². The van der Waals surface area contributed by atoms with Gasteiger partial charge in [-0.15, -0.1) is 10.2 Å². The van der Waals surface area contributed by atoms with Crippen molar-refractivity contribution in [1.29, 1.82) is 0 Å². The summed E-state index contributed by atoms with van der Waals surface area (Å²) >= 11 is 0. The zero-order chi connectivity index (χ0) is 21.0. The summed E-state index contributed by atoms with van der Waals surface area (Å²) in [5, 5.41) is 16.5. The Morgan fingerprint density at radius 1 is 1.07 bits per heavy atom. The predicted molar refractivity (Wildman–Crippen MR) is 117 cm³/mol. The van der Waals surface area contributed by atoms with Crippen LogP contribution in [0.3, 0.4) is 0 Å². The molecule has 3 aromatic rings. The number of hydrogen-bond acceptors (Lipinski definition) is 6. The first kappa shape index (κ1) is 20.5. The zero-order valence-electron chi connectivity index (χ0n) is 17.2. The van der Waals surface area contributed by atoms with Gasteiger partial charge in [-0.05, 0) is 41.8 Å².